The Morgan fingerprint density at radius 2 is 1.62 bits per heavy atom. The van der Waals surface area contributed by atoms with Crippen LogP contribution in [0.1, 0.15) is 6.92 Å². The van der Waals surface area contributed by atoms with Crippen LogP contribution in [0.5, 0.6) is 11.5 Å². The minimum absolute atomic E-state index is 0. The molecular formula is C15H15ClO4Ti. The molecule has 0 fully saturated rings. The maximum atomic E-state index is 11.4. The SMILES string of the molecule is CCOC(=O)Oc1ccccc1-c1ccccc1O.Cl.[Ti]. The van der Waals surface area contributed by atoms with Crippen molar-refractivity contribution in [3.63, 3.8) is 0 Å². The van der Waals surface area contributed by atoms with Crippen LogP contribution in [-0.4, -0.2) is 17.9 Å². The van der Waals surface area contributed by atoms with Gasteiger partial charge in [-0.05, 0) is 19.1 Å². The summed E-state index contributed by atoms with van der Waals surface area (Å²) >= 11 is 0. The second-order valence-electron chi connectivity index (χ2n) is 3.80. The third kappa shape index (κ3) is 5.08. The molecule has 0 aliphatic rings. The maximum Gasteiger partial charge on any atom is 0.513 e. The standard InChI is InChI=1S/C15H14O4.ClH.Ti/c1-2-18-15(17)19-14-10-6-4-8-12(14)11-7-3-5-9-13(11)16;;/h3-10,16H,2H2,1H3;1H;. The molecule has 0 bridgehead atoms. The van der Waals surface area contributed by atoms with Crippen molar-refractivity contribution in [3.8, 4) is 22.6 Å². The van der Waals surface area contributed by atoms with Gasteiger partial charge >= 0.3 is 6.16 Å². The number of benzene rings is 2. The van der Waals surface area contributed by atoms with Gasteiger partial charge in [0.25, 0.3) is 0 Å². The molecule has 0 amide bonds. The summed E-state index contributed by atoms with van der Waals surface area (Å²) < 4.78 is 9.87. The summed E-state index contributed by atoms with van der Waals surface area (Å²) in [6, 6.07) is 13.8. The quantitative estimate of drug-likeness (QED) is 0.520. The summed E-state index contributed by atoms with van der Waals surface area (Å²) in [5.74, 6) is 0.477. The number of ether oxygens (including phenoxy) is 2. The third-order valence-corrected chi connectivity index (χ3v) is 2.54. The Kier molecular flexibility index (Phi) is 8.78. The monoisotopic (exact) mass is 342 g/mol. The van der Waals surface area contributed by atoms with Gasteiger partial charge in [-0.2, -0.15) is 0 Å². The van der Waals surface area contributed by atoms with Gasteiger partial charge in [0.05, 0.1) is 6.61 Å². The molecule has 0 heterocycles. The number of phenolic OH excluding ortho intramolecular Hbond substituents is 1. The largest absolute Gasteiger partial charge is 0.513 e. The number of carbonyl (C=O) groups is 1. The maximum absolute atomic E-state index is 11.4. The van der Waals surface area contributed by atoms with Gasteiger partial charge < -0.3 is 14.6 Å². The summed E-state index contributed by atoms with van der Waals surface area (Å²) in [5.41, 5.74) is 1.23. The van der Waals surface area contributed by atoms with Crippen LogP contribution in [0, 0.1) is 0 Å². The van der Waals surface area contributed by atoms with Crippen LogP contribution in [0.4, 0.5) is 4.79 Å². The van der Waals surface area contributed by atoms with Gasteiger partial charge in [0.1, 0.15) is 11.5 Å². The van der Waals surface area contributed by atoms with Gasteiger partial charge in [-0.15, -0.1) is 12.4 Å². The van der Waals surface area contributed by atoms with E-state index >= 15 is 0 Å². The smallest absolute Gasteiger partial charge is 0.507 e. The second kappa shape index (κ2) is 9.45. The van der Waals surface area contributed by atoms with E-state index in [0.29, 0.717) is 16.9 Å². The van der Waals surface area contributed by atoms with Crippen LogP contribution < -0.4 is 4.74 Å². The first-order valence-electron chi connectivity index (χ1n) is 5.94. The van der Waals surface area contributed by atoms with Crippen molar-refractivity contribution in [2.75, 3.05) is 6.61 Å². The normalized spacial score (nSPS) is 9.00. The van der Waals surface area contributed by atoms with E-state index in [1.54, 1.807) is 55.5 Å². The fourth-order valence-corrected chi connectivity index (χ4v) is 1.72. The van der Waals surface area contributed by atoms with Gasteiger partial charge in [-0.3, -0.25) is 0 Å². The van der Waals surface area contributed by atoms with Crippen molar-refractivity contribution in [1.82, 2.24) is 0 Å². The van der Waals surface area contributed by atoms with Crippen LogP contribution in [-0.2, 0) is 26.5 Å². The van der Waals surface area contributed by atoms with E-state index in [0.717, 1.165) is 0 Å². The molecule has 0 aromatic heterocycles. The van der Waals surface area contributed by atoms with E-state index in [4.69, 9.17) is 9.47 Å². The predicted octanol–water partition coefficient (Wildman–Crippen LogP) is 4.01. The van der Waals surface area contributed by atoms with Gasteiger partial charge in [0, 0.05) is 32.8 Å². The zero-order valence-electron chi connectivity index (χ0n) is 11.4. The number of carbonyl (C=O) groups excluding carboxylic acids is 1. The summed E-state index contributed by atoms with van der Waals surface area (Å²) in [6.45, 7) is 1.95. The van der Waals surface area contributed by atoms with Crippen LogP contribution >= 0.6 is 12.4 Å². The minimum Gasteiger partial charge on any atom is -0.507 e. The van der Waals surface area contributed by atoms with Gasteiger partial charge in [0.2, 0.25) is 0 Å². The molecule has 2 aromatic rings. The van der Waals surface area contributed by atoms with Gasteiger partial charge in [-0.1, -0.05) is 36.4 Å². The Labute approximate surface area is 144 Å². The Hall–Kier alpha value is -1.49. The van der Waals surface area contributed by atoms with Crippen molar-refractivity contribution >= 4 is 18.6 Å². The Morgan fingerprint density at radius 3 is 2.24 bits per heavy atom. The van der Waals surface area contributed by atoms with Crippen LogP contribution in [0.15, 0.2) is 48.5 Å². The zero-order valence-corrected chi connectivity index (χ0v) is 13.8. The topological polar surface area (TPSA) is 55.8 Å². The van der Waals surface area contributed by atoms with E-state index in [-0.39, 0.29) is 46.5 Å². The van der Waals surface area contributed by atoms with Crippen molar-refractivity contribution in [3.05, 3.63) is 48.5 Å². The van der Waals surface area contributed by atoms with Crippen molar-refractivity contribution in [1.29, 1.82) is 0 Å². The minimum atomic E-state index is -0.759. The number of para-hydroxylation sites is 2. The molecule has 110 valence electrons. The molecular weight excluding hydrogens is 327 g/mol. The third-order valence-electron chi connectivity index (χ3n) is 2.54. The molecule has 0 saturated carbocycles. The fourth-order valence-electron chi connectivity index (χ4n) is 1.72. The fraction of sp³-hybridized carbons (Fsp3) is 0.133. The number of rotatable bonds is 3. The molecule has 0 aliphatic heterocycles. The Morgan fingerprint density at radius 1 is 1.05 bits per heavy atom. The second-order valence-corrected chi connectivity index (χ2v) is 3.80. The Balaban J connectivity index is 0.00000200. The van der Waals surface area contributed by atoms with E-state index in [9.17, 15) is 9.90 Å². The van der Waals surface area contributed by atoms with Crippen LogP contribution in [0.2, 0.25) is 0 Å². The molecule has 21 heavy (non-hydrogen) atoms. The molecule has 2 rings (SSSR count). The molecule has 0 spiro atoms. The Bertz CT molecular complexity index is 589. The van der Waals surface area contributed by atoms with E-state index < -0.39 is 6.16 Å². The summed E-state index contributed by atoms with van der Waals surface area (Å²) in [5, 5.41) is 9.85. The molecule has 4 nitrogen and oxygen atoms in total. The number of hydrogen-bond acceptors (Lipinski definition) is 4. The first-order chi connectivity index (χ1) is 9.22. The number of aromatic hydroxyl groups is 1. The van der Waals surface area contributed by atoms with Crippen molar-refractivity contribution < 1.29 is 41.1 Å². The summed E-state index contributed by atoms with van der Waals surface area (Å²) in [7, 11) is 0. The van der Waals surface area contributed by atoms with Crippen LogP contribution in [0.3, 0.4) is 0 Å². The first kappa shape index (κ1) is 19.5. The molecule has 2 aromatic carbocycles. The number of hydrogen-bond donors (Lipinski definition) is 1. The molecule has 0 unspecified atom stereocenters. The van der Waals surface area contributed by atoms with Crippen molar-refractivity contribution in [2.24, 2.45) is 0 Å². The van der Waals surface area contributed by atoms with Gasteiger partial charge in [0.15, 0.2) is 0 Å². The summed E-state index contributed by atoms with van der Waals surface area (Å²) in [6.07, 6.45) is -0.759. The molecule has 0 saturated heterocycles. The van der Waals surface area contributed by atoms with E-state index in [1.165, 1.54) is 0 Å². The first-order valence-corrected chi connectivity index (χ1v) is 5.94. The van der Waals surface area contributed by atoms with E-state index in [1.807, 2.05) is 0 Å². The van der Waals surface area contributed by atoms with Gasteiger partial charge in [-0.25, -0.2) is 4.79 Å². The number of phenols is 1. The van der Waals surface area contributed by atoms with E-state index in [2.05, 4.69) is 0 Å². The average Bonchev–Trinajstić information content (AvgIpc) is 2.40. The van der Waals surface area contributed by atoms with Crippen LogP contribution in [0.25, 0.3) is 11.1 Å². The predicted molar refractivity (Wildman–Crippen MR) is 78.4 cm³/mol. The molecule has 1 N–H and O–H groups in total. The summed E-state index contributed by atoms with van der Waals surface area (Å²) in [4.78, 5) is 11.4. The molecule has 6 heteroatoms. The molecule has 0 aliphatic carbocycles. The average molecular weight is 343 g/mol. The number of halogens is 1. The molecule has 0 atom stereocenters. The molecule has 0 radical (unpaired) electrons. The van der Waals surface area contributed by atoms with Crippen molar-refractivity contribution in [2.45, 2.75) is 6.92 Å². The zero-order chi connectivity index (χ0) is 13.7.